The van der Waals surface area contributed by atoms with Crippen LogP contribution in [0.1, 0.15) is 5.56 Å². The van der Waals surface area contributed by atoms with Gasteiger partial charge in [0.1, 0.15) is 5.52 Å². The van der Waals surface area contributed by atoms with Crippen molar-refractivity contribution in [2.75, 3.05) is 0 Å². The highest BCUT2D eigenvalue weighted by atomic mass is 32.1. The summed E-state index contributed by atoms with van der Waals surface area (Å²) in [6.45, 7) is 0.674. The van der Waals surface area contributed by atoms with Gasteiger partial charge in [0.2, 0.25) is 0 Å². The second-order valence-corrected chi connectivity index (χ2v) is 4.52. The lowest BCUT2D eigenvalue weighted by molar-refractivity contribution is 0.808. The van der Waals surface area contributed by atoms with E-state index in [1.54, 1.807) is 4.68 Å². The molecular formula is C14H12N4S. The minimum absolute atomic E-state index is 0.553. The second kappa shape index (κ2) is 5.16. The summed E-state index contributed by atoms with van der Waals surface area (Å²) in [7, 11) is 0. The maximum Gasteiger partial charge on any atom is 0.196 e. The SMILES string of the molecule is S=C(NCc1ccccc1)n1nnc2ccccc21. The Morgan fingerprint density at radius 3 is 2.63 bits per heavy atom. The van der Waals surface area contributed by atoms with Crippen molar-refractivity contribution in [1.82, 2.24) is 20.3 Å². The lowest BCUT2D eigenvalue weighted by Gasteiger charge is -2.07. The van der Waals surface area contributed by atoms with Crippen LogP contribution in [0.4, 0.5) is 0 Å². The number of rotatable bonds is 2. The van der Waals surface area contributed by atoms with Gasteiger partial charge in [-0.3, -0.25) is 0 Å². The van der Waals surface area contributed by atoms with Gasteiger partial charge >= 0.3 is 0 Å². The molecule has 1 aromatic heterocycles. The molecule has 1 heterocycles. The molecule has 5 heteroatoms. The van der Waals surface area contributed by atoms with E-state index in [1.165, 1.54) is 5.56 Å². The number of hydrogen-bond acceptors (Lipinski definition) is 3. The molecule has 0 aliphatic rings. The van der Waals surface area contributed by atoms with Crippen LogP contribution in [0.2, 0.25) is 0 Å². The van der Waals surface area contributed by atoms with Crippen molar-refractivity contribution in [2.45, 2.75) is 6.54 Å². The number of aromatic nitrogens is 3. The molecule has 3 aromatic rings. The molecule has 0 amide bonds. The Kier molecular flexibility index (Phi) is 3.20. The first-order valence-electron chi connectivity index (χ1n) is 5.97. The summed E-state index contributed by atoms with van der Waals surface area (Å²) in [4.78, 5) is 0. The average Bonchev–Trinajstić information content (AvgIpc) is 2.90. The van der Waals surface area contributed by atoms with E-state index in [-0.39, 0.29) is 0 Å². The topological polar surface area (TPSA) is 42.7 Å². The van der Waals surface area contributed by atoms with Crippen LogP contribution < -0.4 is 5.32 Å². The molecule has 0 aliphatic carbocycles. The number of nitrogens with zero attached hydrogens (tertiary/aromatic N) is 3. The first-order valence-corrected chi connectivity index (χ1v) is 6.38. The maximum absolute atomic E-state index is 5.35. The van der Waals surface area contributed by atoms with Crippen molar-refractivity contribution in [2.24, 2.45) is 0 Å². The Morgan fingerprint density at radius 2 is 1.79 bits per heavy atom. The summed E-state index contributed by atoms with van der Waals surface area (Å²) < 4.78 is 1.65. The average molecular weight is 268 g/mol. The highest BCUT2D eigenvalue weighted by Crippen LogP contribution is 2.09. The molecule has 0 saturated heterocycles. The van der Waals surface area contributed by atoms with Crippen LogP contribution in [0.3, 0.4) is 0 Å². The molecule has 4 nitrogen and oxygen atoms in total. The lowest BCUT2D eigenvalue weighted by atomic mass is 10.2. The van der Waals surface area contributed by atoms with E-state index in [0.717, 1.165) is 11.0 Å². The van der Waals surface area contributed by atoms with E-state index in [0.29, 0.717) is 11.7 Å². The molecule has 0 atom stereocenters. The summed E-state index contributed by atoms with van der Waals surface area (Å²) in [5.74, 6) is 0. The van der Waals surface area contributed by atoms with E-state index in [1.807, 2.05) is 42.5 Å². The third kappa shape index (κ3) is 2.46. The molecule has 0 unspecified atom stereocenters. The van der Waals surface area contributed by atoms with Crippen LogP contribution in [0.15, 0.2) is 54.6 Å². The Balaban J connectivity index is 1.77. The monoisotopic (exact) mass is 268 g/mol. The molecule has 3 rings (SSSR count). The van der Waals surface area contributed by atoms with Crippen molar-refractivity contribution in [3.63, 3.8) is 0 Å². The minimum atomic E-state index is 0.553. The molecule has 94 valence electrons. The molecule has 0 fully saturated rings. The number of benzene rings is 2. The van der Waals surface area contributed by atoms with Crippen LogP contribution in [-0.4, -0.2) is 20.1 Å². The van der Waals surface area contributed by atoms with Crippen LogP contribution in [0.5, 0.6) is 0 Å². The van der Waals surface area contributed by atoms with Gasteiger partial charge in [0, 0.05) is 6.54 Å². The molecule has 0 aliphatic heterocycles. The molecule has 19 heavy (non-hydrogen) atoms. The molecule has 2 aromatic carbocycles. The summed E-state index contributed by atoms with van der Waals surface area (Å²) in [5.41, 5.74) is 2.92. The predicted octanol–water partition coefficient (Wildman–Crippen LogP) is 2.35. The van der Waals surface area contributed by atoms with Gasteiger partial charge < -0.3 is 5.32 Å². The second-order valence-electron chi connectivity index (χ2n) is 4.13. The Labute approximate surface area is 116 Å². The van der Waals surface area contributed by atoms with Crippen molar-refractivity contribution in [3.8, 4) is 0 Å². The Morgan fingerprint density at radius 1 is 1.05 bits per heavy atom. The third-order valence-corrected chi connectivity index (χ3v) is 3.15. The summed E-state index contributed by atoms with van der Waals surface area (Å²) in [6, 6.07) is 17.8. The van der Waals surface area contributed by atoms with Gasteiger partial charge in [-0.25, -0.2) is 0 Å². The zero-order valence-corrected chi connectivity index (χ0v) is 11.0. The summed E-state index contributed by atoms with van der Waals surface area (Å²) in [6.07, 6.45) is 0. The Bertz CT molecular complexity index is 706. The smallest absolute Gasteiger partial charge is 0.196 e. The first kappa shape index (κ1) is 11.8. The van der Waals surface area contributed by atoms with E-state index >= 15 is 0 Å². The zero-order chi connectivity index (χ0) is 13.1. The predicted molar refractivity (Wildman–Crippen MR) is 78.8 cm³/mol. The van der Waals surface area contributed by atoms with Crippen LogP contribution in [0.25, 0.3) is 11.0 Å². The largest absolute Gasteiger partial charge is 0.357 e. The molecule has 0 bridgehead atoms. The zero-order valence-electron chi connectivity index (χ0n) is 10.2. The summed E-state index contributed by atoms with van der Waals surface area (Å²) in [5, 5.41) is 11.9. The van der Waals surface area contributed by atoms with Crippen LogP contribution in [0, 0.1) is 0 Å². The van der Waals surface area contributed by atoms with Crippen LogP contribution >= 0.6 is 12.2 Å². The molecule has 0 spiro atoms. The van der Waals surface area contributed by atoms with Crippen molar-refractivity contribution >= 4 is 28.4 Å². The van der Waals surface area contributed by atoms with E-state index in [2.05, 4.69) is 27.8 Å². The van der Waals surface area contributed by atoms with Crippen molar-refractivity contribution < 1.29 is 0 Å². The molecule has 0 radical (unpaired) electrons. The highest BCUT2D eigenvalue weighted by molar-refractivity contribution is 7.80. The third-order valence-electron chi connectivity index (χ3n) is 2.83. The van der Waals surface area contributed by atoms with Gasteiger partial charge in [0.15, 0.2) is 5.11 Å². The normalized spacial score (nSPS) is 10.5. The lowest BCUT2D eigenvalue weighted by Crippen LogP contribution is -2.28. The van der Waals surface area contributed by atoms with E-state index in [4.69, 9.17) is 12.2 Å². The fraction of sp³-hybridized carbons (Fsp3) is 0.0714. The first-order chi connectivity index (χ1) is 9.34. The van der Waals surface area contributed by atoms with Gasteiger partial charge in [-0.15, -0.1) is 5.10 Å². The summed E-state index contributed by atoms with van der Waals surface area (Å²) >= 11 is 5.35. The number of para-hydroxylation sites is 1. The van der Waals surface area contributed by atoms with Gasteiger partial charge in [-0.2, -0.15) is 4.68 Å². The van der Waals surface area contributed by atoms with Gasteiger partial charge in [-0.05, 0) is 29.9 Å². The van der Waals surface area contributed by atoms with Crippen LogP contribution in [-0.2, 0) is 6.54 Å². The van der Waals surface area contributed by atoms with E-state index < -0.39 is 0 Å². The fourth-order valence-electron chi connectivity index (χ4n) is 1.87. The maximum atomic E-state index is 5.35. The van der Waals surface area contributed by atoms with E-state index in [9.17, 15) is 0 Å². The molecular weight excluding hydrogens is 256 g/mol. The number of thiocarbonyl (C=S) groups is 1. The quantitative estimate of drug-likeness (QED) is 0.725. The van der Waals surface area contributed by atoms with Crippen molar-refractivity contribution in [3.05, 3.63) is 60.2 Å². The molecule has 1 N–H and O–H groups in total. The van der Waals surface area contributed by atoms with Gasteiger partial charge in [0.25, 0.3) is 0 Å². The standard InChI is InChI=1S/C14H12N4S/c19-14(15-10-11-6-2-1-3-7-11)18-13-9-5-4-8-12(13)16-17-18/h1-9H,10H2,(H,15,19). The van der Waals surface area contributed by atoms with Crippen molar-refractivity contribution in [1.29, 1.82) is 0 Å². The number of nitrogens with one attached hydrogen (secondary N) is 1. The highest BCUT2D eigenvalue weighted by Gasteiger charge is 2.07. The minimum Gasteiger partial charge on any atom is -0.357 e. The number of hydrogen-bond donors (Lipinski definition) is 1. The molecule has 0 saturated carbocycles. The fourth-order valence-corrected chi connectivity index (χ4v) is 2.07. The van der Waals surface area contributed by atoms with Gasteiger partial charge in [0.05, 0.1) is 5.52 Å². The Hall–Kier alpha value is -2.27. The number of fused-ring (bicyclic) bond motifs is 1. The van der Waals surface area contributed by atoms with Gasteiger partial charge in [-0.1, -0.05) is 47.7 Å².